The first-order valence-corrected chi connectivity index (χ1v) is 17.8. The maximum absolute atomic E-state index is 10.4. The summed E-state index contributed by atoms with van der Waals surface area (Å²) in [5.74, 6) is -0.676. The number of esters is 1. The predicted molar refractivity (Wildman–Crippen MR) is 206 cm³/mol. The maximum atomic E-state index is 10.4. The van der Waals surface area contributed by atoms with E-state index in [1.54, 1.807) is 33.3 Å². The van der Waals surface area contributed by atoms with E-state index in [4.69, 9.17) is 14.2 Å². The van der Waals surface area contributed by atoms with Crippen LogP contribution >= 0.6 is 12.6 Å². The minimum atomic E-state index is -0.347. The Balaban J connectivity index is -0.000000515. The third-order valence-electron chi connectivity index (χ3n) is 7.58. The SMILES string of the molecule is C=C(C)C(=O)CC.C=C(C)C(=O)OC.C=CCOC.CC1(C)CCC2OC2C1.CC1(C)COC1.CC1OC1(C)C.CN1C(=O)C=CC1=O.CS. The number of amides is 2. The van der Waals surface area contributed by atoms with E-state index in [1.807, 2.05) is 6.92 Å². The van der Waals surface area contributed by atoms with E-state index in [9.17, 15) is 19.2 Å². The van der Waals surface area contributed by atoms with Gasteiger partial charge in [0.05, 0.1) is 50.8 Å². The topological polar surface area (TPSA) is 124 Å². The highest BCUT2D eigenvalue weighted by Crippen LogP contribution is 2.45. The molecule has 0 radical (unpaired) electrons. The summed E-state index contributed by atoms with van der Waals surface area (Å²) in [4.78, 5) is 42.5. The van der Waals surface area contributed by atoms with E-state index in [1.165, 1.54) is 45.6 Å². The summed E-state index contributed by atoms with van der Waals surface area (Å²) in [7, 11) is 4.42. The van der Waals surface area contributed by atoms with Gasteiger partial charge in [0.25, 0.3) is 11.8 Å². The molecule has 50 heavy (non-hydrogen) atoms. The lowest BCUT2D eigenvalue weighted by molar-refractivity contribution is -0.136. The Hall–Kier alpha value is -2.57. The van der Waals surface area contributed by atoms with E-state index < -0.39 is 0 Å². The van der Waals surface area contributed by atoms with Crippen molar-refractivity contribution >= 4 is 36.2 Å². The predicted octanol–water partition coefficient (Wildman–Crippen LogP) is 7.37. The highest BCUT2D eigenvalue weighted by atomic mass is 32.1. The fraction of sp³-hybridized carbons (Fsp3) is 0.692. The van der Waals surface area contributed by atoms with Crippen molar-refractivity contribution in [2.24, 2.45) is 10.8 Å². The molecule has 290 valence electrons. The maximum Gasteiger partial charge on any atom is 0.332 e. The normalized spacial score (nSPS) is 22.5. The van der Waals surface area contributed by atoms with Crippen molar-refractivity contribution in [3.63, 3.8) is 0 Å². The number of fused-ring (bicyclic) bond motifs is 1. The van der Waals surface area contributed by atoms with Gasteiger partial charge in [-0.25, -0.2) is 4.79 Å². The molecule has 5 rings (SSSR count). The van der Waals surface area contributed by atoms with Gasteiger partial charge in [-0.2, -0.15) is 12.6 Å². The first-order valence-electron chi connectivity index (χ1n) is 16.9. The molecule has 4 fully saturated rings. The molecule has 11 heteroatoms. The molecule has 4 heterocycles. The summed E-state index contributed by atoms with van der Waals surface area (Å²) in [6, 6.07) is 0. The van der Waals surface area contributed by atoms with Crippen molar-refractivity contribution in [1.29, 1.82) is 0 Å². The number of carbonyl (C=O) groups is 4. The van der Waals surface area contributed by atoms with Crippen molar-refractivity contribution in [1.82, 2.24) is 4.90 Å². The van der Waals surface area contributed by atoms with Crippen molar-refractivity contribution < 1.29 is 42.9 Å². The number of hydrogen-bond donors (Lipinski definition) is 1. The van der Waals surface area contributed by atoms with Gasteiger partial charge in [-0.1, -0.05) is 53.9 Å². The number of ketones is 1. The Bertz CT molecular complexity index is 1050. The van der Waals surface area contributed by atoms with Gasteiger partial charge < -0.3 is 23.7 Å². The van der Waals surface area contributed by atoms with Gasteiger partial charge >= 0.3 is 5.97 Å². The molecule has 0 spiro atoms. The average Bonchev–Trinajstić information content (AvgIpc) is 3.91. The Labute approximate surface area is 309 Å². The van der Waals surface area contributed by atoms with E-state index in [0.29, 0.717) is 53.3 Å². The molecule has 0 bridgehead atoms. The molecule has 4 aliphatic heterocycles. The minimum absolute atomic E-state index is 0.153. The Kier molecular flexibility index (Phi) is 27.2. The fourth-order valence-electron chi connectivity index (χ4n) is 3.79. The van der Waals surface area contributed by atoms with E-state index in [0.717, 1.165) is 18.1 Å². The van der Waals surface area contributed by atoms with Crippen LogP contribution in [0, 0.1) is 10.8 Å². The van der Waals surface area contributed by atoms with Crippen LogP contribution in [0.2, 0.25) is 0 Å². The summed E-state index contributed by atoms with van der Waals surface area (Å²) in [5, 5.41) is 0. The second-order valence-electron chi connectivity index (χ2n) is 14.3. The number of imide groups is 1. The van der Waals surface area contributed by atoms with Crippen LogP contribution in [0.3, 0.4) is 0 Å². The number of Topliss-reactive ketones (excluding diaryl/α,β-unsaturated/α-hetero) is 1. The van der Waals surface area contributed by atoms with Gasteiger partial charge in [-0.3, -0.25) is 19.3 Å². The van der Waals surface area contributed by atoms with E-state index >= 15 is 0 Å². The summed E-state index contributed by atoms with van der Waals surface area (Å²) < 4.78 is 24.3. The van der Waals surface area contributed by atoms with Crippen LogP contribution in [-0.2, 0) is 42.9 Å². The smallest absolute Gasteiger partial charge is 0.332 e. The lowest BCUT2D eigenvalue weighted by atomic mass is 9.78. The number of methoxy groups -OCH3 is 2. The van der Waals surface area contributed by atoms with Crippen LogP contribution in [-0.4, -0.2) is 99.7 Å². The molecule has 0 aromatic carbocycles. The summed E-state index contributed by atoms with van der Waals surface area (Å²) >= 11 is 3.53. The van der Waals surface area contributed by atoms with Crippen LogP contribution < -0.4 is 0 Å². The lowest BCUT2D eigenvalue weighted by Gasteiger charge is -2.33. The third-order valence-corrected chi connectivity index (χ3v) is 7.58. The number of likely N-dealkylation sites (N-methyl/N-ethyl adjacent to an activating group) is 1. The molecule has 3 unspecified atom stereocenters. The molecule has 3 saturated heterocycles. The highest BCUT2D eigenvalue weighted by Gasteiger charge is 2.46. The van der Waals surface area contributed by atoms with Crippen LogP contribution in [0.15, 0.2) is 49.1 Å². The summed E-state index contributed by atoms with van der Waals surface area (Å²) in [6.07, 6.45) is 12.2. The molecule has 3 atom stereocenters. The fourth-order valence-corrected chi connectivity index (χ4v) is 3.79. The van der Waals surface area contributed by atoms with Crippen LogP contribution in [0.1, 0.15) is 94.9 Å². The Morgan fingerprint density at radius 3 is 1.52 bits per heavy atom. The molecular weight excluding hydrogens is 658 g/mol. The third kappa shape index (κ3) is 26.3. The van der Waals surface area contributed by atoms with Crippen molar-refractivity contribution in [2.45, 2.75) is 119 Å². The van der Waals surface area contributed by atoms with Gasteiger partial charge in [-0.15, -0.1) is 6.58 Å². The zero-order valence-electron chi connectivity index (χ0n) is 33.6. The molecule has 0 N–H and O–H groups in total. The number of rotatable bonds is 5. The van der Waals surface area contributed by atoms with Gasteiger partial charge in [-0.05, 0) is 71.1 Å². The number of nitrogens with zero attached hydrogens (tertiary/aromatic N) is 1. The first-order chi connectivity index (χ1) is 23.0. The van der Waals surface area contributed by atoms with Crippen LogP contribution in [0.5, 0.6) is 0 Å². The number of hydrogen-bond acceptors (Lipinski definition) is 10. The van der Waals surface area contributed by atoms with Crippen molar-refractivity contribution in [2.75, 3.05) is 47.3 Å². The molecule has 1 aliphatic carbocycles. The lowest BCUT2D eigenvalue weighted by Crippen LogP contribution is -2.36. The van der Waals surface area contributed by atoms with E-state index in [2.05, 4.69) is 90.3 Å². The van der Waals surface area contributed by atoms with Crippen molar-refractivity contribution in [3.05, 3.63) is 49.1 Å². The summed E-state index contributed by atoms with van der Waals surface area (Å²) in [6.45, 7) is 33.3. The zero-order chi connectivity index (χ0) is 39.9. The molecule has 0 aromatic rings. The second-order valence-corrected chi connectivity index (χ2v) is 14.3. The number of carbonyl (C=O) groups excluding carboxylic acids is 4. The number of thiol groups is 1. The quantitative estimate of drug-likeness (QED) is 0.0772. The van der Waals surface area contributed by atoms with Gasteiger partial charge in [0, 0.05) is 43.7 Å². The highest BCUT2D eigenvalue weighted by molar-refractivity contribution is 7.79. The molecule has 5 aliphatic rings. The molecule has 0 aromatic heterocycles. The number of ether oxygens (including phenoxy) is 5. The Morgan fingerprint density at radius 2 is 1.40 bits per heavy atom. The average molecular weight is 728 g/mol. The second kappa shape index (κ2) is 26.2. The van der Waals surface area contributed by atoms with Gasteiger partial charge in [0.15, 0.2) is 5.78 Å². The molecule has 10 nitrogen and oxygen atoms in total. The van der Waals surface area contributed by atoms with Crippen LogP contribution in [0.4, 0.5) is 0 Å². The minimum Gasteiger partial charge on any atom is -0.466 e. The first kappa shape index (κ1) is 51.8. The van der Waals surface area contributed by atoms with Crippen LogP contribution in [0.25, 0.3) is 0 Å². The molecule has 2 amide bonds. The standard InChI is InChI=1S/C8H14O.C6H10O.C5H5NO2.C5H8O2.2C5H10O.C4H8O.CH4S/c1-8(2)4-3-6-7(5-8)9-6;1-4-6(7)5(2)3;1-6-4(7)2-3-5(6)8;1-4(2)5(6)7-3;1-5(2)3-6-4-5;1-4-5(2,3)6-4;1-3-4-5-2;1-2/h6-7H,3-5H2,1-2H3;2,4H2,1,3H3;2-3H,1H3;1H2,2-3H3;3-4H2,1-2H3;4H,1-3H3;3H,1,4H2,2H3;2H,1H3. The number of allylic oxidation sites excluding steroid dienone is 1. The Morgan fingerprint density at radius 1 is 0.960 bits per heavy atom. The number of epoxide rings is 2. The largest absolute Gasteiger partial charge is 0.466 e. The molecule has 1 saturated carbocycles. The van der Waals surface area contributed by atoms with Gasteiger partial charge in [0.2, 0.25) is 0 Å². The van der Waals surface area contributed by atoms with E-state index in [-0.39, 0.29) is 29.2 Å². The monoisotopic (exact) mass is 727 g/mol. The van der Waals surface area contributed by atoms with Crippen molar-refractivity contribution in [3.8, 4) is 0 Å². The van der Waals surface area contributed by atoms with Gasteiger partial charge in [0.1, 0.15) is 0 Å². The summed E-state index contributed by atoms with van der Waals surface area (Å²) in [5.41, 5.74) is 2.36. The zero-order valence-corrected chi connectivity index (χ0v) is 34.5. The molecular formula is C39H69NO9S.